The molecule has 0 saturated carbocycles. The summed E-state index contributed by atoms with van der Waals surface area (Å²) in [6, 6.07) is 11.2. The maximum atomic E-state index is 12.3. The average molecular weight is 442 g/mol. The molecule has 2 aromatic heterocycles. The summed E-state index contributed by atoms with van der Waals surface area (Å²) in [6.45, 7) is 3.35. The highest BCUT2D eigenvalue weighted by Crippen LogP contribution is 2.25. The third-order valence-electron chi connectivity index (χ3n) is 4.72. The Balaban J connectivity index is 1.29. The molecule has 31 heavy (non-hydrogen) atoms. The third-order valence-corrected chi connectivity index (χ3v) is 5.54. The summed E-state index contributed by atoms with van der Waals surface area (Å²) in [5.41, 5.74) is 1.76. The molecule has 3 aromatic rings. The van der Waals surface area contributed by atoms with Crippen LogP contribution in [0.15, 0.2) is 52.2 Å². The molecule has 1 aromatic carbocycles. The Bertz CT molecular complexity index is 1010. The summed E-state index contributed by atoms with van der Waals surface area (Å²) in [5, 5.41) is 11.3. The van der Waals surface area contributed by atoms with E-state index in [1.54, 1.807) is 13.3 Å². The molecule has 9 nitrogen and oxygen atoms in total. The lowest BCUT2D eigenvalue weighted by molar-refractivity contribution is -0.118. The average Bonchev–Trinajstić information content (AvgIpc) is 3.31. The fourth-order valence-corrected chi connectivity index (χ4v) is 3.71. The van der Waals surface area contributed by atoms with Crippen molar-refractivity contribution < 1.29 is 18.7 Å². The van der Waals surface area contributed by atoms with E-state index in [1.165, 1.54) is 11.8 Å². The number of hydrogen-bond acceptors (Lipinski definition) is 9. The van der Waals surface area contributed by atoms with Gasteiger partial charge in [-0.2, -0.15) is 0 Å². The topological polar surface area (TPSA) is 103 Å². The monoisotopic (exact) mass is 441 g/mol. The third kappa shape index (κ3) is 5.53. The van der Waals surface area contributed by atoms with Gasteiger partial charge in [-0.25, -0.2) is 4.98 Å². The lowest BCUT2D eigenvalue weighted by Crippen LogP contribution is -2.38. The van der Waals surface area contributed by atoms with Gasteiger partial charge in [0.25, 0.3) is 5.22 Å². The number of pyridine rings is 1. The van der Waals surface area contributed by atoms with E-state index in [0.29, 0.717) is 30.9 Å². The number of carbonyl (C=O) groups is 1. The van der Waals surface area contributed by atoms with E-state index in [4.69, 9.17) is 13.9 Å². The lowest BCUT2D eigenvalue weighted by Gasteiger charge is -2.29. The molecule has 1 N–H and O–H groups in total. The van der Waals surface area contributed by atoms with Crippen LogP contribution in [0, 0.1) is 0 Å². The SMILES string of the molecule is COc1ccc(-c2nnc(SCC(=O)NCc3cccnc3N3CCOCC3)o2)cc1. The minimum absolute atomic E-state index is 0.119. The first-order chi connectivity index (χ1) is 15.2. The van der Waals surface area contributed by atoms with Crippen molar-refractivity contribution >= 4 is 23.5 Å². The normalized spacial score (nSPS) is 13.8. The first kappa shape index (κ1) is 21.1. The number of anilines is 1. The molecular weight excluding hydrogens is 418 g/mol. The van der Waals surface area contributed by atoms with Gasteiger partial charge in [-0.05, 0) is 30.3 Å². The molecule has 1 saturated heterocycles. The van der Waals surface area contributed by atoms with Crippen LogP contribution in [-0.4, -0.2) is 60.3 Å². The summed E-state index contributed by atoms with van der Waals surface area (Å²) >= 11 is 1.20. The first-order valence-corrected chi connectivity index (χ1v) is 10.9. The Hall–Kier alpha value is -3.11. The Labute approximate surface area is 184 Å². The smallest absolute Gasteiger partial charge is 0.277 e. The quantitative estimate of drug-likeness (QED) is 0.528. The molecule has 0 spiro atoms. The van der Waals surface area contributed by atoms with E-state index >= 15 is 0 Å². The zero-order valence-electron chi connectivity index (χ0n) is 17.1. The maximum absolute atomic E-state index is 12.3. The standard InChI is InChI=1S/C21H23N5O4S/c1-28-17-6-4-15(5-7-17)20-24-25-21(30-20)31-14-18(27)23-13-16-3-2-8-22-19(16)26-9-11-29-12-10-26/h2-8H,9-14H2,1H3,(H,23,27). The molecular formula is C21H23N5O4S. The predicted molar refractivity (Wildman–Crippen MR) is 116 cm³/mol. The summed E-state index contributed by atoms with van der Waals surface area (Å²) in [6.07, 6.45) is 1.77. The van der Waals surface area contributed by atoms with Gasteiger partial charge in [0.05, 0.1) is 26.1 Å². The van der Waals surface area contributed by atoms with Crippen molar-refractivity contribution in [2.45, 2.75) is 11.8 Å². The minimum atomic E-state index is -0.119. The van der Waals surface area contributed by atoms with Crippen molar-refractivity contribution in [2.24, 2.45) is 0 Å². The molecule has 1 amide bonds. The number of hydrogen-bond donors (Lipinski definition) is 1. The van der Waals surface area contributed by atoms with Crippen molar-refractivity contribution in [3.05, 3.63) is 48.2 Å². The maximum Gasteiger partial charge on any atom is 0.277 e. The summed E-state index contributed by atoms with van der Waals surface area (Å²) in [7, 11) is 1.61. The van der Waals surface area contributed by atoms with Gasteiger partial charge in [0.1, 0.15) is 11.6 Å². The largest absolute Gasteiger partial charge is 0.497 e. The second-order valence-electron chi connectivity index (χ2n) is 6.75. The van der Waals surface area contributed by atoms with Crippen LogP contribution < -0.4 is 15.0 Å². The number of ether oxygens (including phenoxy) is 2. The number of methoxy groups -OCH3 is 1. The van der Waals surface area contributed by atoms with E-state index in [9.17, 15) is 4.79 Å². The zero-order valence-corrected chi connectivity index (χ0v) is 17.9. The molecule has 0 bridgehead atoms. The second-order valence-corrected chi connectivity index (χ2v) is 7.68. The molecule has 4 rings (SSSR count). The minimum Gasteiger partial charge on any atom is -0.497 e. The first-order valence-electron chi connectivity index (χ1n) is 9.87. The van der Waals surface area contributed by atoms with E-state index in [-0.39, 0.29) is 11.7 Å². The number of amides is 1. The number of rotatable bonds is 8. The van der Waals surface area contributed by atoms with Gasteiger partial charge in [0, 0.05) is 37.0 Å². The molecule has 162 valence electrons. The van der Waals surface area contributed by atoms with Crippen molar-refractivity contribution in [1.29, 1.82) is 0 Å². The summed E-state index contributed by atoms with van der Waals surface area (Å²) in [4.78, 5) is 19.0. The molecule has 0 unspecified atom stereocenters. The fraction of sp³-hybridized carbons (Fsp3) is 0.333. The van der Waals surface area contributed by atoms with Crippen molar-refractivity contribution in [3.8, 4) is 17.2 Å². The highest BCUT2D eigenvalue weighted by Gasteiger charge is 2.16. The number of aromatic nitrogens is 3. The number of carbonyl (C=O) groups excluding carboxylic acids is 1. The summed E-state index contributed by atoms with van der Waals surface area (Å²) < 4.78 is 16.2. The highest BCUT2D eigenvalue weighted by atomic mass is 32.2. The van der Waals surface area contributed by atoms with E-state index < -0.39 is 0 Å². The van der Waals surface area contributed by atoms with Crippen LogP contribution in [0.3, 0.4) is 0 Å². The van der Waals surface area contributed by atoms with E-state index in [1.807, 2.05) is 36.4 Å². The molecule has 0 radical (unpaired) electrons. The van der Waals surface area contributed by atoms with Crippen molar-refractivity contribution in [3.63, 3.8) is 0 Å². The van der Waals surface area contributed by atoms with Gasteiger partial charge in [-0.3, -0.25) is 4.79 Å². The molecule has 0 aliphatic carbocycles. The number of nitrogens with zero attached hydrogens (tertiary/aromatic N) is 4. The van der Waals surface area contributed by atoms with Gasteiger partial charge in [-0.1, -0.05) is 17.8 Å². The Morgan fingerprint density at radius 2 is 2.00 bits per heavy atom. The van der Waals surface area contributed by atoms with Gasteiger partial charge in [0.2, 0.25) is 11.8 Å². The number of benzene rings is 1. The molecule has 1 aliphatic heterocycles. The van der Waals surface area contributed by atoms with Crippen LogP contribution in [0.4, 0.5) is 5.82 Å². The van der Waals surface area contributed by atoms with E-state index in [2.05, 4.69) is 25.4 Å². The van der Waals surface area contributed by atoms with Gasteiger partial charge < -0.3 is 24.1 Å². The molecule has 0 atom stereocenters. The van der Waals surface area contributed by atoms with Gasteiger partial charge in [0.15, 0.2) is 0 Å². The van der Waals surface area contributed by atoms with Crippen LogP contribution in [0.1, 0.15) is 5.56 Å². The van der Waals surface area contributed by atoms with Gasteiger partial charge in [-0.15, -0.1) is 10.2 Å². The van der Waals surface area contributed by atoms with Crippen LogP contribution in [0.25, 0.3) is 11.5 Å². The predicted octanol–water partition coefficient (Wildman–Crippen LogP) is 2.39. The zero-order chi connectivity index (χ0) is 21.5. The van der Waals surface area contributed by atoms with Crippen LogP contribution >= 0.6 is 11.8 Å². The lowest BCUT2D eigenvalue weighted by atomic mass is 10.2. The molecule has 1 fully saturated rings. The number of nitrogens with one attached hydrogen (secondary N) is 1. The fourth-order valence-electron chi connectivity index (χ4n) is 3.12. The summed E-state index contributed by atoms with van der Waals surface area (Å²) in [5.74, 6) is 2.10. The highest BCUT2D eigenvalue weighted by molar-refractivity contribution is 7.99. The van der Waals surface area contributed by atoms with Crippen LogP contribution in [0.5, 0.6) is 5.75 Å². The molecule has 10 heteroatoms. The van der Waals surface area contributed by atoms with E-state index in [0.717, 1.165) is 35.8 Å². The number of thioether (sulfide) groups is 1. The second kappa shape index (κ2) is 10.3. The molecule has 3 heterocycles. The van der Waals surface area contributed by atoms with Crippen molar-refractivity contribution in [1.82, 2.24) is 20.5 Å². The van der Waals surface area contributed by atoms with Crippen molar-refractivity contribution in [2.75, 3.05) is 44.1 Å². The Kier molecular flexibility index (Phi) is 7.00. The Morgan fingerprint density at radius 3 is 2.77 bits per heavy atom. The van der Waals surface area contributed by atoms with Crippen LogP contribution in [-0.2, 0) is 16.1 Å². The van der Waals surface area contributed by atoms with Crippen LogP contribution in [0.2, 0.25) is 0 Å². The van der Waals surface area contributed by atoms with Gasteiger partial charge >= 0.3 is 0 Å². The Morgan fingerprint density at radius 1 is 1.19 bits per heavy atom. The molecule has 1 aliphatic rings. The number of morpholine rings is 1.